The maximum absolute atomic E-state index is 11.3. The molecule has 0 spiro atoms. The van der Waals surface area contributed by atoms with E-state index in [2.05, 4.69) is 5.32 Å². The van der Waals surface area contributed by atoms with Crippen LogP contribution < -0.4 is 11.1 Å². The number of alkyl carbamates (subject to hydrolysis) is 1. The summed E-state index contributed by atoms with van der Waals surface area (Å²) in [6, 6.07) is 0. The van der Waals surface area contributed by atoms with Crippen molar-refractivity contribution < 1.29 is 19.4 Å². The fourth-order valence-electron chi connectivity index (χ4n) is 0.885. The van der Waals surface area contributed by atoms with Crippen LogP contribution in [0.25, 0.3) is 0 Å². The average molecular weight is 278 g/mol. The number of ether oxygens (including phenoxy) is 1. The van der Waals surface area contributed by atoms with Gasteiger partial charge >= 0.3 is 12.1 Å². The molecule has 0 aromatic heterocycles. The van der Waals surface area contributed by atoms with E-state index in [-0.39, 0.29) is 0 Å². The molecule has 1 atom stereocenters. The number of thioether (sulfide) groups is 1. The van der Waals surface area contributed by atoms with Crippen molar-refractivity contribution in [3.05, 3.63) is 0 Å². The van der Waals surface area contributed by atoms with Crippen molar-refractivity contribution in [2.24, 2.45) is 5.73 Å². The Balaban J connectivity index is 3.70. The van der Waals surface area contributed by atoms with Crippen LogP contribution in [-0.4, -0.2) is 46.4 Å². The summed E-state index contributed by atoms with van der Waals surface area (Å²) in [6.45, 7) is 7.23. The van der Waals surface area contributed by atoms with Crippen LogP contribution in [0.1, 0.15) is 27.7 Å². The van der Waals surface area contributed by atoms with Crippen molar-refractivity contribution in [1.29, 1.82) is 0 Å². The first-order valence-electron chi connectivity index (χ1n) is 5.61. The number of aliphatic carboxylic acids is 1. The highest BCUT2D eigenvalue weighted by atomic mass is 32.2. The molecule has 0 aliphatic heterocycles. The molecule has 0 aromatic rings. The second kappa shape index (κ2) is 6.84. The SMILES string of the molecule is CC(C)(C)OC(=O)NCCSC[C@](C)(N)C(=O)O. The quantitative estimate of drug-likeness (QED) is 0.628. The molecule has 0 heterocycles. The maximum Gasteiger partial charge on any atom is 0.407 e. The van der Waals surface area contributed by atoms with Gasteiger partial charge in [-0.25, -0.2) is 4.79 Å². The topological polar surface area (TPSA) is 102 Å². The fourth-order valence-corrected chi connectivity index (χ4v) is 1.82. The minimum atomic E-state index is -1.24. The normalized spacial score (nSPS) is 14.7. The highest BCUT2D eigenvalue weighted by Crippen LogP contribution is 2.10. The van der Waals surface area contributed by atoms with Gasteiger partial charge in [0.05, 0.1) is 0 Å². The molecule has 0 saturated carbocycles. The molecule has 0 saturated heterocycles. The summed E-state index contributed by atoms with van der Waals surface area (Å²) in [4.78, 5) is 22.0. The molecule has 1 amide bonds. The van der Waals surface area contributed by atoms with E-state index >= 15 is 0 Å². The molecule has 0 aliphatic carbocycles. The molecule has 106 valence electrons. The zero-order valence-electron chi connectivity index (χ0n) is 11.3. The Morgan fingerprint density at radius 3 is 2.33 bits per heavy atom. The lowest BCUT2D eigenvalue weighted by Gasteiger charge is -2.20. The van der Waals surface area contributed by atoms with Gasteiger partial charge < -0.3 is 20.9 Å². The highest BCUT2D eigenvalue weighted by Gasteiger charge is 2.27. The third-order valence-electron chi connectivity index (χ3n) is 1.81. The summed E-state index contributed by atoms with van der Waals surface area (Å²) in [7, 11) is 0. The number of nitrogens with two attached hydrogens (primary N) is 1. The molecule has 0 radical (unpaired) electrons. The Morgan fingerprint density at radius 2 is 1.89 bits per heavy atom. The zero-order valence-corrected chi connectivity index (χ0v) is 12.1. The third kappa shape index (κ3) is 8.19. The third-order valence-corrected chi connectivity index (χ3v) is 3.10. The molecule has 0 fully saturated rings. The molecule has 0 rings (SSSR count). The first-order chi connectivity index (χ1) is 8.04. The van der Waals surface area contributed by atoms with E-state index in [4.69, 9.17) is 15.6 Å². The first kappa shape index (κ1) is 17.1. The summed E-state index contributed by atoms with van der Waals surface area (Å²) in [6.07, 6.45) is -0.475. The lowest BCUT2D eigenvalue weighted by Crippen LogP contribution is -2.47. The first-order valence-corrected chi connectivity index (χ1v) is 6.77. The minimum absolute atomic E-state index is 0.290. The molecule has 0 aliphatic rings. The number of carboxylic acids is 1. The van der Waals surface area contributed by atoms with Crippen LogP contribution in [0.5, 0.6) is 0 Å². The van der Waals surface area contributed by atoms with Gasteiger partial charge in [0.2, 0.25) is 0 Å². The van der Waals surface area contributed by atoms with Gasteiger partial charge in [0.25, 0.3) is 0 Å². The molecule has 0 unspecified atom stereocenters. The van der Waals surface area contributed by atoms with Crippen LogP contribution in [0.4, 0.5) is 4.79 Å². The predicted octanol–water partition coefficient (Wildman–Crippen LogP) is 1.05. The molecule has 7 heteroatoms. The van der Waals surface area contributed by atoms with E-state index < -0.39 is 23.2 Å². The zero-order chi connectivity index (χ0) is 14.4. The Morgan fingerprint density at radius 1 is 1.33 bits per heavy atom. The van der Waals surface area contributed by atoms with Gasteiger partial charge in [-0.15, -0.1) is 0 Å². The van der Waals surface area contributed by atoms with Crippen LogP contribution in [0.2, 0.25) is 0 Å². The Labute approximate surface area is 112 Å². The second-order valence-electron chi connectivity index (χ2n) is 5.20. The van der Waals surface area contributed by atoms with E-state index in [1.807, 2.05) is 0 Å². The number of carbonyl (C=O) groups excluding carboxylic acids is 1. The molecule has 6 nitrogen and oxygen atoms in total. The van der Waals surface area contributed by atoms with Crippen LogP contribution in [0.15, 0.2) is 0 Å². The van der Waals surface area contributed by atoms with Crippen molar-refractivity contribution in [3.63, 3.8) is 0 Å². The number of hydrogen-bond donors (Lipinski definition) is 3. The molecule has 18 heavy (non-hydrogen) atoms. The number of rotatable bonds is 6. The van der Waals surface area contributed by atoms with E-state index in [1.165, 1.54) is 18.7 Å². The molecule has 0 bridgehead atoms. The largest absolute Gasteiger partial charge is 0.480 e. The van der Waals surface area contributed by atoms with Gasteiger partial charge in [-0.2, -0.15) is 11.8 Å². The lowest BCUT2D eigenvalue weighted by molar-refractivity contribution is -0.141. The maximum atomic E-state index is 11.3. The van der Waals surface area contributed by atoms with Gasteiger partial charge in [0, 0.05) is 18.1 Å². The number of carboxylic acid groups (broad SMARTS) is 1. The van der Waals surface area contributed by atoms with Crippen molar-refractivity contribution in [2.75, 3.05) is 18.1 Å². The van der Waals surface area contributed by atoms with E-state index in [1.54, 1.807) is 20.8 Å². The average Bonchev–Trinajstić information content (AvgIpc) is 2.13. The molecular formula is C11H22N2O4S. The van der Waals surface area contributed by atoms with Gasteiger partial charge in [0.1, 0.15) is 11.1 Å². The van der Waals surface area contributed by atoms with Gasteiger partial charge in [0.15, 0.2) is 0 Å². The number of hydrogen-bond acceptors (Lipinski definition) is 5. The smallest absolute Gasteiger partial charge is 0.407 e. The van der Waals surface area contributed by atoms with Crippen molar-refractivity contribution in [3.8, 4) is 0 Å². The van der Waals surface area contributed by atoms with Crippen molar-refractivity contribution in [2.45, 2.75) is 38.8 Å². The fraction of sp³-hybridized carbons (Fsp3) is 0.818. The van der Waals surface area contributed by atoms with Crippen LogP contribution >= 0.6 is 11.8 Å². The van der Waals surface area contributed by atoms with Crippen LogP contribution in [0.3, 0.4) is 0 Å². The Hall–Kier alpha value is -0.950. The van der Waals surface area contributed by atoms with Crippen molar-refractivity contribution in [1.82, 2.24) is 5.32 Å². The summed E-state index contributed by atoms with van der Waals surface area (Å²) in [5.74, 6) is -0.160. The number of nitrogens with one attached hydrogen (secondary N) is 1. The summed E-state index contributed by atoms with van der Waals surface area (Å²) < 4.78 is 5.05. The van der Waals surface area contributed by atoms with Gasteiger partial charge in [-0.3, -0.25) is 4.79 Å². The Bertz CT molecular complexity index is 300. The van der Waals surface area contributed by atoms with Crippen LogP contribution in [-0.2, 0) is 9.53 Å². The standard InChI is InChI=1S/C11H22N2O4S/c1-10(2,3)17-9(16)13-5-6-18-7-11(4,12)8(14)15/h5-7,12H2,1-4H3,(H,13,16)(H,14,15)/t11-/m0/s1. The molecular weight excluding hydrogens is 256 g/mol. The number of amides is 1. The highest BCUT2D eigenvalue weighted by molar-refractivity contribution is 7.99. The minimum Gasteiger partial charge on any atom is -0.480 e. The number of carbonyl (C=O) groups is 2. The van der Waals surface area contributed by atoms with Gasteiger partial charge in [-0.1, -0.05) is 0 Å². The van der Waals surface area contributed by atoms with Gasteiger partial charge in [-0.05, 0) is 27.7 Å². The monoisotopic (exact) mass is 278 g/mol. The van der Waals surface area contributed by atoms with Crippen LogP contribution in [0, 0.1) is 0 Å². The second-order valence-corrected chi connectivity index (χ2v) is 6.31. The summed E-state index contributed by atoms with van der Waals surface area (Å²) in [5.41, 5.74) is 3.80. The van der Waals surface area contributed by atoms with E-state index in [0.29, 0.717) is 18.1 Å². The summed E-state index contributed by atoms with van der Waals surface area (Å²) >= 11 is 1.37. The van der Waals surface area contributed by atoms with E-state index in [0.717, 1.165) is 0 Å². The molecule has 4 N–H and O–H groups in total. The lowest BCUT2D eigenvalue weighted by atomic mass is 10.1. The Kier molecular flexibility index (Phi) is 6.48. The predicted molar refractivity (Wildman–Crippen MR) is 71.8 cm³/mol. The molecule has 0 aromatic carbocycles. The summed E-state index contributed by atoms with van der Waals surface area (Å²) in [5, 5.41) is 11.4. The van der Waals surface area contributed by atoms with E-state index in [9.17, 15) is 9.59 Å². The van der Waals surface area contributed by atoms with Crippen molar-refractivity contribution >= 4 is 23.8 Å².